The summed E-state index contributed by atoms with van der Waals surface area (Å²) in [5, 5.41) is 9.67. The van der Waals surface area contributed by atoms with E-state index in [4.69, 9.17) is 9.47 Å². The van der Waals surface area contributed by atoms with E-state index in [9.17, 15) is 14.7 Å². The van der Waals surface area contributed by atoms with Crippen LogP contribution in [-0.2, 0) is 19.1 Å². The second-order valence-electron chi connectivity index (χ2n) is 19.3. The highest BCUT2D eigenvalue weighted by molar-refractivity contribution is 5.70. The quantitative estimate of drug-likeness (QED) is 0.0373. The predicted molar refractivity (Wildman–Crippen MR) is 324 cm³/mol. The molecule has 0 aliphatic carbocycles. The fraction of sp³-hybridized carbons (Fsp3) is 0.594. The molecule has 5 heteroatoms. The summed E-state index contributed by atoms with van der Waals surface area (Å²) in [4.78, 5) is 24.6. The van der Waals surface area contributed by atoms with Crippen molar-refractivity contribution in [2.75, 3.05) is 13.2 Å². The van der Waals surface area contributed by atoms with Crippen LogP contribution in [0.15, 0.2) is 158 Å². The van der Waals surface area contributed by atoms with Crippen LogP contribution in [0.1, 0.15) is 245 Å². The molecule has 0 spiro atoms. The van der Waals surface area contributed by atoms with Gasteiger partial charge in [0.1, 0.15) is 6.61 Å². The molecule has 0 saturated carbocycles. The average Bonchev–Trinajstić information content (AvgIpc) is 3.40. The van der Waals surface area contributed by atoms with Crippen molar-refractivity contribution in [2.24, 2.45) is 0 Å². The molecule has 0 rings (SSSR count). The van der Waals surface area contributed by atoms with Crippen LogP contribution in [-0.4, -0.2) is 36.4 Å². The van der Waals surface area contributed by atoms with Crippen molar-refractivity contribution in [3.8, 4) is 0 Å². The Morgan fingerprint density at radius 3 is 0.811 bits per heavy atom. The summed E-state index contributed by atoms with van der Waals surface area (Å²) < 4.78 is 10.7. The molecule has 0 fully saturated rings. The fourth-order valence-electron chi connectivity index (χ4n) is 7.89. The van der Waals surface area contributed by atoms with E-state index in [1.165, 1.54) is 89.9 Å². The Hall–Kier alpha value is -4.48. The van der Waals surface area contributed by atoms with E-state index in [1.807, 2.05) is 0 Å². The first-order chi connectivity index (χ1) is 36.6. The molecule has 0 bridgehead atoms. The monoisotopic (exact) mass is 1020 g/mol. The van der Waals surface area contributed by atoms with Crippen molar-refractivity contribution in [1.82, 2.24) is 0 Å². The summed E-state index contributed by atoms with van der Waals surface area (Å²) in [5.74, 6) is -0.610. The molecule has 0 saturated heterocycles. The lowest BCUT2D eigenvalue weighted by atomic mass is 10.1. The molecule has 5 nitrogen and oxygen atoms in total. The summed E-state index contributed by atoms with van der Waals surface area (Å²) in [5.41, 5.74) is 0. The van der Waals surface area contributed by atoms with Gasteiger partial charge in [-0.3, -0.25) is 9.59 Å². The van der Waals surface area contributed by atoms with Crippen LogP contribution in [0.4, 0.5) is 0 Å². The first-order valence-electron chi connectivity index (χ1n) is 30.0. The minimum atomic E-state index is -0.790. The second kappa shape index (κ2) is 62.8. The summed E-state index contributed by atoms with van der Waals surface area (Å²) in [6, 6.07) is 0. The zero-order chi connectivity index (χ0) is 53.4. The molecule has 1 N–H and O–H groups in total. The molecule has 0 aliphatic heterocycles. The zero-order valence-corrected chi connectivity index (χ0v) is 47.5. The lowest BCUT2D eigenvalue weighted by molar-refractivity contribution is -0.161. The third-order valence-electron chi connectivity index (χ3n) is 12.3. The number of unbranched alkanes of at least 4 members (excludes halogenated alkanes) is 19. The van der Waals surface area contributed by atoms with Crippen molar-refractivity contribution in [1.29, 1.82) is 0 Å². The van der Waals surface area contributed by atoms with E-state index in [0.717, 1.165) is 128 Å². The molecule has 1 atom stereocenters. The number of allylic oxidation sites excluding steroid dienone is 26. The Bertz CT molecular complexity index is 1620. The summed E-state index contributed by atoms with van der Waals surface area (Å²) in [6.07, 6.45) is 96.4. The number of aliphatic hydroxyl groups is 1. The second-order valence-corrected chi connectivity index (χ2v) is 19.3. The molecule has 0 aliphatic rings. The minimum absolute atomic E-state index is 0.0795. The average molecular weight is 1020 g/mol. The lowest BCUT2D eigenvalue weighted by Crippen LogP contribution is -2.28. The number of rotatable bonds is 53. The SMILES string of the molecule is CC/C=C\C/C=C\C/C=C\C/C=C\C/C=C\C/C=C\C/C=C\C/C=C\C/C=C\CCCCCCCCCCCC(=O)OC(CO)COC(=O)CCCCCCCCCCCC/C=C\C/C=C\C/C=C\C/C=C\CC. The highest BCUT2D eigenvalue weighted by Crippen LogP contribution is 2.15. The topological polar surface area (TPSA) is 72.8 Å². The number of hydrogen-bond acceptors (Lipinski definition) is 5. The normalized spacial score (nSPS) is 13.4. The van der Waals surface area contributed by atoms with Crippen LogP contribution in [0.3, 0.4) is 0 Å². The Kier molecular flexibility index (Phi) is 59.0. The molecular weight excluding hydrogens is 909 g/mol. The number of carbonyl (C=O) groups is 2. The Morgan fingerprint density at radius 1 is 0.311 bits per heavy atom. The van der Waals surface area contributed by atoms with E-state index in [-0.39, 0.29) is 25.2 Å². The van der Waals surface area contributed by atoms with Gasteiger partial charge in [0.2, 0.25) is 0 Å². The molecule has 0 aromatic rings. The summed E-state index contributed by atoms with van der Waals surface area (Å²) >= 11 is 0. The van der Waals surface area contributed by atoms with Gasteiger partial charge in [0.05, 0.1) is 6.61 Å². The van der Waals surface area contributed by atoms with E-state index in [2.05, 4.69) is 172 Å². The van der Waals surface area contributed by atoms with Crippen molar-refractivity contribution in [2.45, 2.75) is 251 Å². The standard InChI is InChI=1S/C69H110O5/c1-3-5-7-9-11-13-15-17-19-21-23-25-27-28-29-30-31-32-33-34-35-36-37-38-39-40-42-44-46-48-50-52-54-56-58-60-62-64-69(72)74-67(65-70)66-73-68(71)63-61-59-57-55-53-51-49-47-45-43-41-26-24-22-20-18-16-14-12-10-8-6-4-2/h5-8,11-14,17-20,23-26,28-29,31-32,34-35,37-38,40,42,67,70H,3-4,9-10,15-16,21-22,27,30,33,36,39,41,43-66H2,1-2H3/b7-5-,8-6-,13-11-,14-12-,19-17-,20-18-,25-23-,26-24-,29-28-,32-31-,35-34-,38-37-,42-40-. The molecule has 74 heavy (non-hydrogen) atoms. The Balaban J connectivity index is 3.59. The third-order valence-corrected chi connectivity index (χ3v) is 12.3. The molecule has 1 unspecified atom stereocenters. The first-order valence-corrected chi connectivity index (χ1v) is 30.0. The van der Waals surface area contributed by atoms with Gasteiger partial charge in [-0.05, 0) is 122 Å². The molecule has 0 radical (unpaired) electrons. The fourth-order valence-corrected chi connectivity index (χ4v) is 7.89. The van der Waals surface area contributed by atoms with Gasteiger partial charge in [-0.25, -0.2) is 0 Å². The smallest absolute Gasteiger partial charge is 0.306 e. The maximum absolute atomic E-state index is 12.3. The predicted octanol–water partition coefficient (Wildman–Crippen LogP) is 20.7. The van der Waals surface area contributed by atoms with E-state index in [1.54, 1.807) is 0 Å². The van der Waals surface area contributed by atoms with Crippen LogP contribution < -0.4 is 0 Å². The molecule has 416 valence electrons. The first kappa shape index (κ1) is 69.5. The molecule has 0 amide bonds. The van der Waals surface area contributed by atoms with E-state index in [0.29, 0.717) is 12.8 Å². The van der Waals surface area contributed by atoms with E-state index < -0.39 is 6.10 Å². The van der Waals surface area contributed by atoms with Crippen LogP contribution in [0.2, 0.25) is 0 Å². The number of aliphatic hydroxyl groups excluding tert-OH is 1. The van der Waals surface area contributed by atoms with Gasteiger partial charge in [0.15, 0.2) is 6.10 Å². The molecule has 0 aromatic carbocycles. The largest absolute Gasteiger partial charge is 0.462 e. The van der Waals surface area contributed by atoms with Gasteiger partial charge in [0.25, 0.3) is 0 Å². The maximum atomic E-state index is 12.3. The van der Waals surface area contributed by atoms with Crippen LogP contribution in [0.25, 0.3) is 0 Å². The van der Waals surface area contributed by atoms with Gasteiger partial charge in [-0.1, -0.05) is 268 Å². The number of carbonyl (C=O) groups excluding carboxylic acids is 2. The van der Waals surface area contributed by atoms with Gasteiger partial charge in [-0.2, -0.15) is 0 Å². The van der Waals surface area contributed by atoms with Crippen LogP contribution in [0, 0.1) is 0 Å². The van der Waals surface area contributed by atoms with Crippen molar-refractivity contribution in [3.63, 3.8) is 0 Å². The molecule has 0 heterocycles. The lowest BCUT2D eigenvalue weighted by Gasteiger charge is -2.15. The number of esters is 2. The van der Waals surface area contributed by atoms with Crippen LogP contribution in [0.5, 0.6) is 0 Å². The van der Waals surface area contributed by atoms with Gasteiger partial charge >= 0.3 is 11.9 Å². The van der Waals surface area contributed by atoms with Crippen molar-refractivity contribution < 1.29 is 24.2 Å². The zero-order valence-electron chi connectivity index (χ0n) is 47.5. The van der Waals surface area contributed by atoms with Gasteiger partial charge in [-0.15, -0.1) is 0 Å². The van der Waals surface area contributed by atoms with Gasteiger partial charge < -0.3 is 14.6 Å². The van der Waals surface area contributed by atoms with Crippen molar-refractivity contribution >= 4 is 11.9 Å². The highest BCUT2D eigenvalue weighted by atomic mass is 16.6. The van der Waals surface area contributed by atoms with Crippen molar-refractivity contribution in [3.05, 3.63) is 158 Å². The van der Waals surface area contributed by atoms with E-state index >= 15 is 0 Å². The maximum Gasteiger partial charge on any atom is 0.306 e. The Labute approximate surface area is 456 Å². The summed E-state index contributed by atoms with van der Waals surface area (Å²) in [6.45, 7) is 3.90. The minimum Gasteiger partial charge on any atom is -0.462 e. The summed E-state index contributed by atoms with van der Waals surface area (Å²) in [7, 11) is 0. The highest BCUT2D eigenvalue weighted by Gasteiger charge is 2.16. The number of ether oxygens (including phenoxy) is 2. The third kappa shape index (κ3) is 60.1. The number of hydrogen-bond donors (Lipinski definition) is 1. The molecule has 0 aromatic heterocycles. The Morgan fingerprint density at radius 2 is 0.541 bits per heavy atom. The molecular formula is C69H110O5. The van der Waals surface area contributed by atoms with Crippen LogP contribution >= 0.6 is 0 Å². The van der Waals surface area contributed by atoms with Gasteiger partial charge in [0, 0.05) is 12.8 Å².